The number of carbonyl (C=O) groups excluding carboxylic acids is 2. The minimum atomic E-state index is -0.591. The Morgan fingerprint density at radius 3 is 2.13 bits per heavy atom. The maximum Gasteiger partial charge on any atom is 0.242 e. The predicted molar refractivity (Wildman–Crippen MR) is 87.5 cm³/mol. The molecule has 5 heteroatoms. The molecule has 1 aliphatic carbocycles. The minimum Gasteiger partial charge on any atom is -0.342 e. The first kappa shape index (κ1) is 17.4. The second kappa shape index (κ2) is 7.11. The lowest BCUT2D eigenvalue weighted by Crippen LogP contribution is -2.52. The number of hydrogen-bond donors (Lipinski definition) is 0. The smallest absolute Gasteiger partial charge is 0.242 e. The zero-order valence-corrected chi connectivity index (χ0v) is 14.1. The van der Waals surface area contributed by atoms with E-state index in [2.05, 4.69) is 0 Å². The average molecular weight is 320 g/mol. The standard InChI is InChI=1S/C18H25FN2O2/c1-4-21(5-2)16(22)13-20(3)17(23)18(11-6-12-18)14-7-9-15(19)10-8-14/h7-10H,4-6,11-13H2,1-3H3. The van der Waals surface area contributed by atoms with Gasteiger partial charge in [-0.25, -0.2) is 4.39 Å². The van der Waals surface area contributed by atoms with Crippen LogP contribution in [0.2, 0.25) is 0 Å². The molecule has 1 aromatic rings. The Labute approximate surface area is 137 Å². The zero-order valence-electron chi connectivity index (χ0n) is 14.1. The molecule has 1 aromatic carbocycles. The number of rotatable bonds is 6. The van der Waals surface area contributed by atoms with Crippen molar-refractivity contribution >= 4 is 11.8 Å². The van der Waals surface area contributed by atoms with E-state index in [1.807, 2.05) is 13.8 Å². The third-order valence-corrected chi connectivity index (χ3v) is 4.85. The molecule has 0 aromatic heterocycles. The molecule has 0 aliphatic heterocycles. The van der Waals surface area contributed by atoms with Crippen LogP contribution in [0.15, 0.2) is 24.3 Å². The molecule has 0 unspecified atom stereocenters. The van der Waals surface area contributed by atoms with Gasteiger partial charge in [0.05, 0.1) is 12.0 Å². The molecule has 2 amide bonds. The molecule has 0 saturated heterocycles. The van der Waals surface area contributed by atoms with Gasteiger partial charge in [0.1, 0.15) is 5.82 Å². The third kappa shape index (κ3) is 3.38. The fourth-order valence-corrected chi connectivity index (χ4v) is 3.24. The first-order chi connectivity index (χ1) is 10.9. The van der Waals surface area contributed by atoms with E-state index in [0.29, 0.717) is 13.1 Å². The molecule has 23 heavy (non-hydrogen) atoms. The summed E-state index contributed by atoms with van der Waals surface area (Å²) in [7, 11) is 1.67. The van der Waals surface area contributed by atoms with Crippen LogP contribution in [0.1, 0.15) is 38.7 Å². The van der Waals surface area contributed by atoms with Gasteiger partial charge in [-0.15, -0.1) is 0 Å². The van der Waals surface area contributed by atoms with Gasteiger partial charge >= 0.3 is 0 Å². The highest BCUT2D eigenvalue weighted by Gasteiger charge is 2.47. The highest BCUT2D eigenvalue weighted by Crippen LogP contribution is 2.45. The second-order valence-electron chi connectivity index (χ2n) is 6.17. The summed E-state index contributed by atoms with van der Waals surface area (Å²) in [5, 5.41) is 0. The molecule has 0 spiro atoms. The number of carbonyl (C=O) groups is 2. The molecule has 0 radical (unpaired) electrons. The predicted octanol–water partition coefficient (Wildman–Crippen LogP) is 2.57. The quantitative estimate of drug-likeness (QED) is 0.808. The van der Waals surface area contributed by atoms with Crippen molar-refractivity contribution in [3.05, 3.63) is 35.6 Å². The fourth-order valence-electron chi connectivity index (χ4n) is 3.24. The molecule has 0 bridgehead atoms. The molecule has 0 atom stereocenters. The Bertz CT molecular complexity index is 563. The van der Waals surface area contributed by atoms with Crippen molar-refractivity contribution in [2.24, 2.45) is 0 Å². The molecule has 0 N–H and O–H groups in total. The van der Waals surface area contributed by atoms with Crippen molar-refractivity contribution in [1.29, 1.82) is 0 Å². The van der Waals surface area contributed by atoms with Gasteiger partial charge in [0.25, 0.3) is 0 Å². The van der Waals surface area contributed by atoms with E-state index in [1.165, 1.54) is 17.0 Å². The molecule has 0 heterocycles. The van der Waals surface area contributed by atoms with Crippen LogP contribution in [0.5, 0.6) is 0 Å². The van der Waals surface area contributed by atoms with Gasteiger partial charge < -0.3 is 9.80 Å². The molecule has 126 valence electrons. The molecule has 1 aliphatic rings. The topological polar surface area (TPSA) is 40.6 Å². The molecule has 1 saturated carbocycles. The van der Waals surface area contributed by atoms with Crippen molar-refractivity contribution in [1.82, 2.24) is 9.80 Å². The van der Waals surface area contributed by atoms with Crippen molar-refractivity contribution in [3.63, 3.8) is 0 Å². The van der Waals surface area contributed by atoms with Crippen molar-refractivity contribution in [2.75, 3.05) is 26.7 Å². The van der Waals surface area contributed by atoms with Crippen LogP contribution < -0.4 is 0 Å². The Morgan fingerprint density at radius 2 is 1.70 bits per heavy atom. The summed E-state index contributed by atoms with van der Waals surface area (Å²) in [6.07, 6.45) is 2.48. The number of benzene rings is 1. The Balaban J connectivity index is 2.13. The highest BCUT2D eigenvalue weighted by molar-refractivity contribution is 5.92. The van der Waals surface area contributed by atoms with Crippen molar-refractivity contribution in [3.8, 4) is 0 Å². The van der Waals surface area contributed by atoms with E-state index in [9.17, 15) is 14.0 Å². The van der Waals surface area contributed by atoms with E-state index >= 15 is 0 Å². The SMILES string of the molecule is CCN(CC)C(=O)CN(C)C(=O)C1(c2ccc(F)cc2)CCC1. The van der Waals surface area contributed by atoms with Crippen LogP contribution in [0, 0.1) is 5.82 Å². The lowest BCUT2D eigenvalue weighted by atomic mass is 9.63. The summed E-state index contributed by atoms with van der Waals surface area (Å²) < 4.78 is 13.1. The molecule has 1 fully saturated rings. The van der Waals surface area contributed by atoms with Gasteiger partial charge in [-0.1, -0.05) is 18.6 Å². The van der Waals surface area contributed by atoms with Gasteiger partial charge in [-0.05, 0) is 44.4 Å². The van der Waals surface area contributed by atoms with E-state index in [1.54, 1.807) is 24.1 Å². The zero-order chi connectivity index (χ0) is 17.0. The van der Waals surface area contributed by atoms with Gasteiger partial charge in [0.15, 0.2) is 0 Å². The summed E-state index contributed by atoms with van der Waals surface area (Å²) >= 11 is 0. The maximum absolute atomic E-state index is 13.1. The molecule has 2 rings (SSSR count). The Kier molecular flexibility index (Phi) is 5.39. The minimum absolute atomic E-state index is 0.0422. The molecular weight excluding hydrogens is 295 g/mol. The van der Waals surface area contributed by atoms with Crippen LogP contribution >= 0.6 is 0 Å². The lowest BCUT2D eigenvalue weighted by molar-refractivity contribution is -0.145. The van der Waals surface area contributed by atoms with Crippen LogP contribution in [0.4, 0.5) is 4.39 Å². The van der Waals surface area contributed by atoms with Crippen LogP contribution in [0.3, 0.4) is 0 Å². The van der Waals surface area contributed by atoms with Crippen LogP contribution in [-0.2, 0) is 15.0 Å². The van der Waals surface area contributed by atoms with E-state index < -0.39 is 5.41 Å². The lowest BCUT2D eigenvalue weighted by Gasteiger charge is -2.43. The molecular formula is C18H25FN2O2. The number of likely N-dealkylation sites (N-methyl/N-ethyl adjacent to an activating group) is 2. The normalized spacial score (nSPS) is 15.7. The average Bonchev–Trinajstić information content (AvgIpc) is 2.49. The summed E-state index contributed by atoms with van der Waals surface area (Å²) in [6.45, 7) is 5.22. The fraction of sp³-hybridized carbons (Fsp3) is 0.556. The number of amides is 2. The van der Waals surface area contributed by atoms with Gasteiger partial charge in [-0.2, -0.15) is 0 Å². The number of halogens is 1. The second-order valence-corrected chi connectivity index (χ2v) is 6.17. The van der Waals surface area contributed by atoms with Gasteiger partial charge in [-0.3, -0.25) is 9.59 Å². The summed E-state index contributed by atoms with van der Waals surface area (Å²) in [6, 6.07) is 6.16. The highest BCUT2D eigenvalue weighted by atomic mass is 19.1. The first-order valence-corrected chi connectivity index (χ1v) is 8.24. The summed E-state index contributed by atoms with van der Waals surface area (Å²) in [4.78, 5) is 28.4. The third-order valence-electron chi connectivity index (χ3n) is 4.85. The van der Waals surface area contributed by atoms with E-state index in [4.69, 9.17) is 0 Å². The largest absolute Gasteiger partial charge is 0.342 e. The van der Waals surface area contributed by atoms with Crippen LogP contribution in [-0.4, -0.2) is 48.3 Å². The number of nitrogens with zero attached hydrogens (tertiary/aromatic N) is 2. The number of hydrogen-bond acceptors (Lipinski definition) is 2. The van der Waals surface area contributed by atoms with Gasteiger partial charge in [0.2, 0.25) is 11.8 Å². The molecule has 4 nitrogen and oxygen atoms in total. The van der Waals surface area contributed by atoms with E-state index in [-0.39, 0.29) is 24.2 Å². The summed E-state index contributed by atoms with van der Waals surface area (Å²) in [5.74, 6) is -0.393. The maximum atomic E-state index is 13.1. The van der Waals surface area contributed by atoms with Crippen LogP contribution in [0.25, 0.3) is 0 Å². The Hall–Kier alpha value is -1.91. The first-order valence-electron chi connectivity index (χ1n) is 8.24. The summed E-state index contributed by atoms with van der Waals surface area (Å²) in [5.41, 5.74) is 0.253. The van der Waals surface area contributed by atoms with Crippen molar-refractivity contribution in [2.45, 2.75) is 38.5 Å². The van der Waals surface area contributed by atoms with Crippen molar-refractivity contribution < 1.29 is 14.0 Å². The Morgan fingerprint density at radius 1 is 1.13 bits per heavy atom. The van der Waals surface area contributed by atoms with Gasteiger partial charge in [0, 0.05) is 20.1 Å². The monoisotopic (exact) mass is 320 g/mol. The van der Waals surface area contributed by atoms with E-state index in [0.717, 1.165) is 24.8 Å².